The van der Waals surface area contributed by atoms with Crippen molar-refractivity contribution in [3.8, 4) is 5.75 Å². The number of aryl methyl sites for hydroxylation is 1. The number of rotatable bonds is 5. The number of unbranched alkanes of at least 4 members (excludes halogenated alkanes) is 2. The molecule has 0 saturated heterocycles. The second kappa shape index (κ2) is 6.22. The number of benzene rings is 2. The lowest BCUT2D eigenvalue weighted by atomic mass is 10.0. The topological polar surface area (TPSA) is 39.4 Å². The molecule has 0 atom stereocenters. The van der Waals surface area contributed by atoms with Crippen molar-refractivity contribution >= 4 is 21.7 Å². The highest BCUT2D eigenvalue weighted by atomic mass is 16.5. The van der Waals surface area contributed by atoms with Crippen LogP contribution in [-0.2, 0) is 0 Å². The Morgan fingerprint density at radius 3 is 2.55 bits per heavy atom. The van der Waals surface area contributed by atoms with Crippen LogP contribution in [0.4, 0.5) is 0 Å². The van der Waals surface area contributed by atoms with Crippen LogP contribution in [0.25, 0.3) is 21.7 Å². The molecule has 1 heterocycles. The molecule has 0 bridgehead atoms. The maximum atomic E-state index is 12.1. The summed E-state index contributed by atoms with van der Waals surface area (Å²) >= 11 is 0. The monoisotopic (exact) mass is 296 g/mol. The van der Waals surface area contributed by atoms with E-state index in [9.17, 15) is 4.79 Å². The van der Waals surface area contributed by atoms with Crippen LogP contribution in [-0.4, -0.2) is 6.61 Å². The van der Waals surface area contributed by atoms with E-state index in [2.05, 4.69) is 6.92 Å². The van der Waals surface area contributed by atoms with E-state index in [1.165, 1.54) is 6.42 Å². The molecule has 0 amide bonds. The first kappa shape index (κ1) is 14.6. The van der Waals surface area contributed by atoms with E-state index in [1.54, 1.807) is 6.07 Å². The summed E-state index contributed by atoms with van der Waals surface area (Å²) in [5.41, 5.74) is 1.21. The summed E-state index contributed by atoms with van der Waals surface area (Å²) < 4.78 is 11.4. The second-order valence-corrected chi connectivity index (χ2v) is 5.56. The molecule has 0 aliphatic carbocycles. The lowest BCUT2D eigenvalue weighted by molar-refractivity contribution is 0.304. The molecule has 2 aromatic carbocycles. The molecule has 0 N–H and O–H groups in total. The van der Waals surface area contributed by atoms with Gasteiger partial charge in [0.15, 0.2) is 0 Å². The maximum Gasteiger partial charge on any atom is 0.344 e. The van der Waals surface area contributed by atoms with Crippen LogP contribution in [0.5, 0.6) is 5.75 Å². The van der Waals surface area contributed by atoms with E-state index in [0.717, 1.165) is 34.9 Å². The van der Waals surface area contributed by atoms with Gasteiger partial charge in [-0.25, -0.2) is 4.79 Å². The molecule has 0 fully saturated rings. The van der Waals surface area contributed by atoms with E-state index in [-0.39, 0.29) is 5.63 Å². The largest absolute Gasteiger partial charge is 0.493 e. The van der Waals surface area contributed by atoms with Gasteiger partial charge in [0.2, 0.25) is 0 Å². The van der Waals surface area contributed by atoms with Crippen molar-refractivity contribution in [3.05, 3.63) is 52.4 Å². The van der Waals surface area contributed by atoms with Gasteiger partial charge in [0.05, 0.1) is 12.0 Å². The standard InChI is InChI=1S/C19H20O3/c1-3-4-7-12-21-17-11-10-15-14-8-5-6-9-16(14)19(20)22-18(15)13(17)2/h5-6,8-11H,3-4,7,12H2,1-2H3. The van der Waals surface area contributed by atoms with E-state index >= 15 is 0 Å². The predicted octanol–water partition coefficient (Wildman–Crippen LogP) is 4.82. The minimum absolute atomic E-state index is 0.297. The third-order valence-electron chi connectivity index (χ3n) is 3.99. The summed E-state index contributed by atoms with van der Waals surface area (Å²) in [5, 5.41) is 2.49. The summed E-state index contributed by atoms with van der Waals surface area (Å²) in [5.74, 6) is 0.794. The van der Waals surface area contributed by atoms with E-state index in [4.69, 9.17) is 9.15 Å². The quantitative estimate of drug-likeness (QED) is 0.385. The molecule has 3 heteroatoms. The molecule has 114 valence electrons. The molecule has 0 saturated carbocycles. The number of hydrogen-bond donors (Lipinski definition) is 0. The van der Waals surface area contributed by atoms with Crippen molar-refractivity contribution in [2.75, 3.05) is 6.61 Å². The van der Waals surface area contributed by atoms with Gasteiger partial charge < -0.3 is 9.15 Å². The average Bonchev–Trinajstić information content (AvgIpc) is 2.54. The average molecular weight is 296 g/mol. The Labute approximate surface area is 129 Å². The minimum atomic E-state index is -0.297. The van der Waals surface area contributed by atoms with E-state index in [1.807, 2.05) is 37.3 Å². The molecule has 0 spiro atoms. The Balaban J connectivity index is 2.07. The van der Waals surface area contributed by atoms with Crippen LogP contribution >= 0.6 is 0 Å². The van der Waals surface area contributed by atoms with Gasteiger partial charge in [-0.15, -0.1) is 0 Å². The number of ether oxygens (including phenoxy) is 1. The third kappa shape index (κ3) is 2.59. The highest BCUT2D eigenvalue weighted by Crippen LogP contribution is 2.30. The van der Waals surface area contributed by atoms with Gasteiger partial charge in [-0.05, 0) is 36.9 Å². The van der Waals surface area contributed by atoms with Crippen LogP contribution in [0, 0.1) is 6.92 Å². The lowest BCUT2D eigenvalue weighted by Crippen LogP contribution is -2.02. The summed E-state index contributed by atoms with van der Waals surface area (Å²) in [6.45, 7) is 4.80. The first-order valence-electron chi connectivity index (χ1n) is 7.80. The Kier molecular flexibility index (Phi) is 4.14. The fraction of sp³-hybridized carbons (Fsp3) is 0.316. The van der Waals surface area contributed by atoms with Crippen LogP contribution < -0.4 is 10.4 Å². The molecule has 0 aliphatic heterocycles. The predicted molar refractivity (Wildman–Crippen MR) is 89.7 cm³/mol. The summed E-state index contributed by atoms with van der Waals surface area (Å²) in [6.07, 6.45) is 3.36. The van der Waals surface area contributed by atoms with Crippen molar-refractivity contribution in [3.63, 3.8) is 0 Å². The molecule has 1 aromatic heterocycles. The van der Waals surface area contributed by atoms with Crippen LogP contribution in [0.3, 0.4) is 0 Å². The Bertz CT molecular complexity index is 862. The van der Waals surface area contributed by atoms with Crippen molar-refractivity contribution in [1.29, 1.82) is 0 Å². The van der Waals surface area contributed by atoms with E-state index in [0.29, 0.717) is 17.6 Å². The fourth-order valence-electron chi connectivity index (χ4n) is 2.75. The molecule has 3 rings (SSSR count). The van der Waals surface area contributed by atoms with Crippen LogP contribution in [0.15, 0.2) is 45.6 Å². The van der Waals surface area contributed by atoms with Crippen molar-refractivity contribution in [1.82, 2.24) is 0 Å². The summed E-state index contributed by atoms with van der Waals surface area (Å²) in [4.78, 5) is 12.1. The number of fused-ring (bicyclic) bond motifs is 3. The normalized spacial score (nSPS) is 11.2. The Morgan fingerprint density at radius 2 is 1.77 bits per heavy atom. The van der Waals surface area contributed by atoms with Gasteiger partial charge in [0, 0.05) is 10.9 Å². The highest BCUT2D eigenvalue weighted by Gasteiger charge is 2.12. The molecular formula is C19H20O3. The first-order valence-corrected chi connectivity index (χ1v) is 7.80. The second-order valence-electron chi connectivity index (χ2n) is 5.56. The SMILES string of the molecule is CCCCCOc1ccc2c(oc(=O)c3ccccc32)c1C. The molecule has 0 aliphatic rings. The Morgan fingerprint density at radius 1 is 1.00 bits per heavy atom. The lowest BCUT2D eigenvalue weighted by Gasteiger charge is -2.11. The smallest absolute Gasteiger partial charge is 0.344 e. The molecule has 22 heavy (non-hydrogen) atoms. The van der Waals surface area contributed by atoms with Crippen molar-refractivity contribution in [2.24, 2.45) is 0 Å². The molecule has 3 aromatic rings. The van der Waals surface area contributed by atoms with Gasteiger partial charge in [-0.3, -0.25) is 0 Å². The molecule has 3 nitrogen and oxygen atoms in total. The summed E-state index contributed by atoms with van der Waals surface area (Å²) in [7, 11) is 0. The van der Waals surface area contributed by atoms with E-state index < -0.39 is 0 Å². The van der Waals surface area contributed by atoms with Gasteiger partial charge in [-0.1, -0.05) is 38.0 Å². The Hall–Kier alpha value is -2.29. The zero-order valence-electron chi connectivity index (χ0n) is 13.0. The van der Waals surface area contributed by atoms with Gasteiger partial charge in [0.1, 0.15) is 11.3 Å². The van der Waals surface area contributed by atoms with Gasteiger partial charge in [0.25, 0.3) is 0 Å². The van der Waals surface area contributed by atoms with Crippen molar-refractivity contribution in [2.45, 2.75) is 33.1 Å². The summed E-state index contributed by atoms with van der Waals surface area (Å²) in [6, 6.07) is 11.5. The van der Waals surface area contributed by atoms with Crippen LogP contribution in [0.2, 0.25) is 0 Å². The zero-order valence-corrected chi connectivity index (χ0v) is 13.0. The van der Waals surface area contributed by atoms with Crippen molar-refractivity contribution < 1.29 is 9.15 Å². The highest BCUT2D eigenvalue weighted by molar-refractivity contribution is 6.05. The molecule has 0 radical (unpaired) electrons. The minimum Gasteiger partial charge on any atom is -0.493 e. The first-order chi connectivity index (χ1) is 10.7. The zero-order chi connectivity index (χ0) is 15.5. The van der Waals surface area contributed by atoms with Gasteiger partial charge >= 0.3 is 5.63 Å². The number of hydrogen-bond acceptors (Lipinski definition) is 3. The molecular weight excluding hydrogens is 276 g/mol. The van der Waals surface area contributed by atoms with Crippen LogP contribution in [0.1, 0.15) is 31.7 Å². The molecule has 0 unspecified atom stereocenters. The maximum absolute atomic E-state index is 12.1. The van der Waals surface area contributed by atoms with Gasteiger partial charge in [-0.2, -0.15) is 0 Å². The fourth-order valence-corrected chi connectivity index (χ4v) is 2.75. The third-order valence-corrected chi connectivity index (χ3v) is 3.99.